The van der Waals surface area contributed by atoms with E-state index in [0.29, 0.717) is 13.1 Å². The third-order valence-corrected chi connectivity index (χ3v) is 5.38. The molecule has 3 rings (SSSR count). The highest BCUT2D eigenvalue weighted by molar-refractivity contribution is 5.81. The van der Waals surface area contributed by atoms with Crippen LogP contribution < -0.4 is 0 Å². The van der Waals surface area contributed by atoms with Gasteiger partial charge in [-0.25, -0.2) is 0 Å². The van der Waals surface area contributed by atoms with Crippen LogP contribution >= 0.6 is 0 Å². The van der Waals surface area contributed by atoms with E-state index in [4.69, 9.17) is 0 Å². The lowest BCUT2D eigenvalue weighted by molar-refractivity contribution is -0.142. The fourth-order valence-corrected chi connectivity index (χ4v) is 4.06. The van der Waals surface area contributed by atoms with E-state index in [2.05, 4.69) is 0 Å². The molecule has 4 heteroatoms. The van der Waals surface area contributed by atoms with Gasteiger partial charge in [-0.3, -0.25) is 9.59 Å². The van der Waals surface area contributed by atoms with Crippen molar-refractivity contribution >= 4 is 11.9 Å². The fourth-order valence-electron chi connectivity index (χ4n) is 4.06. The lowest BCUT2D eigenvalue weighted by atomic mass is 9.89. The molecule has 1 aromatic rings. The van der Waals surface area contributed by atoms with Gasteiger partial charge in [-0.2, -0.15) is 0 Å². The van der Waals surface area contributed by atoms with E-state index in [1.165, 1.54) is 12.8 Å². The van der Waals surface area contributed by atoms with Crippen molar-refractivity contribution in [3.05, 3.63) is 35.9 Å². The minimum absolute atomic E-state index is 0.0940. The van der Waals surface area contributed by atoms with Crippen molar-refractivity contribution in [2.45, 2.75) is 44.4 Å². The second-order valence-electron chi connectivity index (χ2n) is 6.89. The Morgan fingerprint density at radius 3 is 2.22 bits per heavy atom. The molecule has 1 aliphatic heterocycles. The van der Waals surface area contributed by atoms with Crippen LogP contribution in [0, 0.1) is 11.8 Å². The predicted octanol–water partition coefficient (Wildman–Crippen LogP) is 3.28. The molecule has 4 nitrogen and oxygen atoms in total. The highest BCUT2D eigenvalue weighted by Gasteiger charge is 2.41. The Bertz CT molecular complexity index is 549. The average Bonchev–Trinajstić information content (AvgIpc) is 2.84. The van der Waals surface area contributed by atoms with Gasteiger partial charge in [-0.15, -0.1) is 0 Å². The number of likely N-dealkylation sites (tertiary alicyclic amines) is 1. The van der Waals surface area contributed by atoms with Gasteiger partial charge in [-0.1, -0.05) is 56.0 Å². The van der Waals surface area contributed by atoms with Crippen LogP contribution in [0.2, 0.25) is 0 Å². The summed E-state index contributed by atoms with van der Waals surface area (Å²) in [7, 11) is 0. The third-order valence-electron chi connectivity index (χ3n) is 5.38. The molecule has 2 aliphatic rings. The number of benzene rings is 1. The fraction of sp³-hybridized carbons (Fsp3) is 0.579. The summed E-state index contributed by atoms with van der Waals surface area (Å²) in [4.78, 5) is 26.3. The summed E-state index contributed by atoms with van der Waals surface area (Å²) in [6.07, 6.45) is 6.60. The molecule has 0 radical (unpaired) electrons. The smallest absolute Gasteiger partial charge is 0.308 e. The second-order valence-corrected chi connectivity index (χ2v) is 6.89. The van der Waals surface area contributed by atoms with Gasteiger partial charge in [-0.05, 0) is 18.4 Å². The van der Waals surface area contributed by atoms with Crippen molar-refractivity contribution in [2.75, 3.05) is 13.1 Å². The minimum Gasteiger partial charge on any atom is -0.481 e. The molecule has 0 aromatic heterocycles. The van der Waals surface area contributed by atoms with E-state index in [0.717, 1.165) is 31.2 Å². The Balaban J connectivity index is 1.74. The van der Waals surface area contributed by atoms with Crippen LogP contribution in [0.15, 0.2) is 30.3 Å². The molecule has 2 atom stereocenters. The standard InChI is InChI=1S/C19H25NO3/c21-18(15-10-4-1-2-5-11-15)20-12-16(17(13-20)19(22)23)14-8-6-3-7-9-14/h3,6-9,15-17H,1-2,4-5,10-13H2,(H,22,23). The molecule has 1 amide bonds. The number of carbonyl (C=O) groups excluding carboxylic acids is 1. The van der Waals surface area contributed by atoms with E-state index in [1.54, 1.807) is 0 Å². The maximum atomic E-state index is 12.8. The lowest BCUT2D eigenvalue weighted by Gasteiger charge is -2.22. The average molecular weight is 315 g/mol. The first-order valence-electron chi connectivity index (χ1n) is 8.73. The van der Waals surface area contributed by atoms with Crippen molar-refractivity contribution in [3.8, 4) is 0 Å². The first-order valence-corrected chi connectivity index (χ1v) is 8.73. The largest absolute Gasteiger partial charge is 0.481 e. The van der Waals surface area contributed by atoms with Crippen molar-refractivity contribution in [2.24, 2.45) is 11.8 Å². The van der Waals surface area contributed by atoms with Crippen LogP contribution in [0.5, 0.6) is 0 Å². The Labute approximate surface area is 137 Å². The second kappa shape index (κ2) is 7.16. The lowest BCUT2D eigenvalue weighted by Crippen LogP contribution is -2.35. The van der Waals surface area contributed by atoms with E-state index >= 15 is 0 Å². The zero-order chi connectivity index (χ0) is 16.2. The highest BCUT2D eigenvalue weighted by atomic mass is 16.4. The van der Waals surface area contributed by atoms with E-state index in [-0.39, 0.29) is 17.7 Å². The van der Waals surface area contributed by atoms with Gasteiger partial charge in [0.25, 0.3) is 0 Å². The number of carboxylic acids is 1. The molecule has 1 heterocycles. The number of carboxylic acid groups (broad SMARTS) is 1. The van der Waals surface area contributed by atoms with Gasteiger partial charge in [0, 0.05) is 24.9 Å². The van der Waals surface area contributed by atoms with Crippen LogP contribution in [-0.2, 0) is 9.59 Å². The summed E-state index contributed by atoms with van der Waals surface area (Å²) >= 11 is 0. The normalized spacial score (nSPS) is 26.0. The highest BCUT2D eigenvalue weighted by Crippen LogP contribution is 2.35. The molecular weight excluding hydrogens is 290 g/mol. The SMILES string of the molecule is O=C(O)C1CN(C(=O)C2CCCCCC2)CC1c1ccccc1. The van der Waals surface area contributed by atoms with Crippen molar-refractivity contribution in [3.63, 3.8) is 0 Å². The van der Waals surface area contributed by atoms with E-state index in [9.17, 15) is 14.7 Å². The summed E-state index contributed by atoms with van der Waals surface area (Å²) in [6.45, 7) is 0.889. The molecule has 1 aliphatic carbocycles. The summed E-state index contributed by atoms with van der Waals surface area (Å²) in [6, 6.07) is 9.75. The van der Waals surface area contributed by atoms with Gasteiger partial charge in [0.05, 0.1) is 5.92 Å². The zero-order valence-corrected chi connectivity index (χ0v) is 13.5. The molecule has 1 saturated heterocycles. The number of carbonyl (C=O) groups is 2. The summed E-state index contributed by atoms with van der Waals surface area (Å²) in [5, 5.41) is 9.56. The van der Waals surface area contributed by atoms with E-state index in [1.807, 2.05) is 35.2 Å². The summed E-state index contributed by atoms with van der Waals surface area (Å²) < 4.78 is 0. The molecule has 0 bridgehead atoms. The number of rotatable bonds is 3. The molecule has 2 fully saturated rings. The predicted molar refractivity (Wildman–Crippen MR) is 88.1 cm³/mol. The first kappa shape index (κ1) is 16.0. The summed E-state index contributed by atoms with van der Waals surface area (Å²) in [5.74, 6) is -1.11. The topological polar surface area (TPSA) is 57.6 Å². The van der Waals surface area contributed by atoms with Gasteiger partial charge in [0.2, 0.25) is 5.91 Å². The Kier molecular flexibility index (Phi) is 4.99. The maximum Gasteiger partial charge on any atom is 0.308 e. The van der Waals surface area contributed by atoms with Gasteiger partial charge in [0.1, 0.15) is 0 Å². The van der Waals surface area contributed by atoms with Gasteiger partial charge in [0.15, 0.2) is 0 Å². The molecular formula is C19H25NO3. The number of hydrogen-bond acceptors (Lipinski definition) is 2. The number of amides is 1. The number of nitrogens with zero attached hydrogens (tertiary/aromatic N) is 1. The Morgan fingerprint density at radius 1 is 0.957 bits per heavy atom. The zero-order valence-electron chi connectivity index (χ0n) is 13.5. The molecule has 0 spiro atoms. The first-order chi connectivity index (χ1) is 11.2. The summed E-state index contributed by atoms with van der Waals surface area (Å²) in [5.41, 5.74) is 1.02. The van der Waals surface area contributed by atoms with Crippen LogP contribution in [0.25, 0.3) is 0 Å². The van der Waals surface area contributed by atoms with Gasteiger partial charge >= 0.3 is 5.97 Å². The quantitative estimate of drug-likeness (QED) is 0.871. The molecule has 1 N–H and O–H groups in total. The van der Waals surface area contributed by atoms with Crippen molar-refractivity contribution in [1.82, 2.24) is 4.90 Å². The minimum atomic E-state index is -0.796. The van der Waals surface area contributed by atoms with Crippen LogP contribution in [-0.4, -0.2) is 35.0 Å². The van der Waals surface area contributed by atoms with Crippen LogP contribution in [0.4, 0.5) is 0 Å². The number of hydrogen-bond donors (Lipinski definition) is 1. The van der Waals surface area contributed by atoms with Crippen LogP contribution in [0.1, 0.15) is 50.0 Å². The molecule has 2 unspecified atom stereocenters. The molecule has 23 heavy (non-hydrogen) atoms. The molecule has 1 aromatic carbocycles. The van der Waals surface area contributed by atoms with Crippen LogP contribution in [0.3, 0.4) is 0 Å². The maximum absolute atomic E-state index is 12.8. The number of aliphatic carboxylic acids is 1. The molecule has 1 saturated carbocycles. The van der Waals surface area contributed by atoms with Crippen molar-refractivity contribution in [1.29, 1.82) is 0 Å². The van der Waals surface area contributed by atoms with E-state index < -0.39 is 11.9 Å². The molecule has 124 valence electrons. The monoisotopic (exact) mass is 315 g/mol. The Morgan fingerprint density at radius 2 is 1.61 bits per heavy atom. The van der Waals surface area contributed by atoms with Gasteiger partial charge < -0.3 is 10.0 Å². The van der Waals surface area contributed by atoms with Crippen molar-refractivity contribution < 1.29 is 14.7 Å². The third kappa shape index (κ3) is 3.57. The Hall–Kier alpha value is -1.84.